The first-order valence-electron chi connectivity index (χ1n) is 8.75. The molecule has 1 aromatic rings. The fraction of sp³-hybridized carbons (Fsp3) is 0.471. The second-order valence-corrected chi connectivity index (χ2v) is 9.40. The van der Waals surface area contributed by atoms with Crippen LogP contribution in [0.15, 0.2) is 39.3 Å². The molecule has 0 radical (unpaired) electrons. The molecule has 1 saturated heterocycles. The van der Waals surface area contributed by atoms with Crippen LogP contribution in [0.1, 0.15) is 33.6 Å². The van der Waals surface area contributed by atoms with Crippen LogP contribution in [0.2, 0.25) is 0 Å². The molecular formula is C17H22N4O4S3. The van der Waals surface area contributed by atoms with Crippen LogP contribution in [0.5, 0.6) is 0 Å². The molecule has 28 heavy (non-hydrogen) atoms. The van der Waals surface area contributed by atoms with E-state index in [1.165, 1.54) is 40.1 Å². The summed E-state index contributed by atoms with van der Waals surface area (Å²) in [5.74, 6) is 0.633. The number of carbonyl (C=O) groups excluding carboxylic acids is 1. The van der Waals surface area contributed by atoms with Crippen molar-refractivity contribution in [2.45, 2.75) is 44.6 Å². The third kappa shape index (κ3) is 7.36. The molecule has 1 aliphatic rings. The monoisotopic (exact) mass is 442 g/mol. The van der Waals surface area contributed by atoms with Crippen LogP contribution in [0.25, 0.3) is 0 Å². The van der Waals surface area contributed by atoms with Crippen LogP contribution in [0.3, 0.4) is 0 Å². The summed E-state index contributed by atoms with van der Waals surface area (Å²) in [6.45, 7) is 6.53. The fourth-order valence-electron chi connectivity index (χ4n) is 1.97. The number of non-ortho nitro benzene ring substituents is 1. The Hall–Kier alpha value is -1.72. The zero-order valence-electron chi connectivity index (χ0n) is 15.9. The molecule has 0 saturated carbocycles. The smallest absolute Gasteiger partial charge is 0.296 e. The summed E-state index contributed by atoms with van der Waals surface area (Å²) >= 11 is 4.17. The largest absolute Gasteiger partial charge is 0.446 e. The Morgan fingerprint density at radius 1 is 1.39 bits per heavy atom. The standard InChI is InChI=1S/C17H22N4O4S3/c1-4-5-10-20(28-14-8-6-13(7-9-14)21(23)24)17(22)25-19-15-11-26-16(27-15)18-12(2)3/h6-9,12H,4-5,10-11H2,1-3H3. The molecule has 1 aromatic carbocycles. The molecular weight excluding hydrogens is 420 g/mol. The number of nitro groups is 1. The quantitative estimate of drug-likeness (QED) is 0.230. The highest BCUT2D eigenvalue weighted by Crippen LogP contribution is 2.30. The average molecular weight is 443 g/mol. The van der Waals surface area contributed by atoms with Gasteiger partial charge in [-0.1, -0.05) is 30.3 Å². The predicted octanol–water partition coefficient (Wildman–Crippen LogP) is 5.40. The third-order valence-electron chi connectivity index (χ3n) is 3.29. The van der Waals surface area contributed by atoms with Gasteiger partial charge in [-0.2, -0.15) is 0 Å². The number of benzene rings is 1. The van der Waals surface area contributed by atoms with Gasteiger partial charge in [-0.3, -0.25) is 19.9 Å². The normalized spacial score (nSPS) is 16.7. The Labute approximate surface area is 176 Å². The van der Waals surface area contributed by atoms with E-state index < -0.39 is 11.0 Å². The minimum atomic E-state index is -0.566. The molecule has 0 spiro atoms. The number of carbonyl (C=O) groups is 1. The second-order valence-electron chi connectivity index (χ2n) is 6.02. The molecule has 152 valence electrons. The number of nitrogens with zero attached hydrogens (tertiary/aromatic N) is 4. The minimum Gasteiger partial charge on any atom is -0.296 e. The van der Waals surface area contributed by atoms with Crippen molar-refractivity contribution < 1.29 is 14.6 Å². The topological polar surface area (TPSA) is 97.4 Å². The SMILES string of the molecule is CCCCN(Sc1ccc([N+](=O)[O-])cc1)C(=O)ON=C1CSC(=NC(C)C)S1. The Morgan fingerprint density at radius 2 is 2.11 bits per heavy atom. The lowest BCUT2D eigenvalue weighted by atomic mass is 10.3. The van der Waals surface area contributed by atoms with Crippen LogP contribution >= 0.6 is 35.5 Å². The van der Waals surface area contributed by atoms with E-state index >= 15 is 0 Å². The molecule has 11 heteroatoms. The molecule has 0 aliphatic carbocycles. The Kier molecular flexibility index (Phi) is 9.13. The van der Waals surface area contributed by atoms with Gasteiger partial charge >= 0.3 is 6.09 Å². The molecule has 8 nitrogen and oxygen atoms in total. The van der Waals surface area contributed by atoms with Gasteiger partial charge in [0, 0.05) is 29.6 Å². The highest BCUT2D eigenvalue weighted by atomic mass is 32.2. The first-order valence-corrected chi connectivity index (χ1v) is 11.3. The van der Waals surface area contributed by atoms with Crippen LogP contribution in [-0.4, -0.2) is 43.1 Å². The van der Waals surface area contributed by atoms with Crippen molar-refractivity contribution in [3.8, 4) is 0 Å². The predicted molar refractivity (Wildman–Crippen MR) is 117 cm³/mol. The lowest BCUT2D eigenvalue weighted by Gasteiger charge is -2.18. The van der Waals surface area contributed by atoms with Crippen molar-refractivity contribution in [2.75, 3.05) is 12.3 Å². The number of hydrogen-bond acceptors (Lipinski definition) is 9. The van der Waals surface area contributed by atoms with E-state index in [4.69, 9.17) is 4.84 Å². The first-order chi connectivity index (χ1) is 13.4. The van der Waals surface area contributed by atoms with E-state index in [0.29, 0.717) is 22.2 Å². The van der Waals surface area contributed by atoms with Crippen molar-refractivity contribution in [2.24, 2.45) is 10.1 Å². The van der Waals surface area contributed by atoms with Gasteiger partial charge in [0.05, 0.1) is 10.7 Å². The van der Waals surface area contributed by atoms with Gasteiger partial charge in [0.15, 0.2) is 0 Å². The zero-order chi connectivity index (χ0) is 20.5. The number of oxime groups is 1. The van der Waals surface area contributed by atoms with E-state index in [9.17, 15) is 14.9 Å². The highest BCUT2D eigenvalue weighted by Gasteiger charge is 2.21. The summed E-state index contributed by atoms with van der Waals surface area (Å²) in [5, 5.41) is 15.4. The van der Waals surface area contributed by atoms with Crippen LogP contribution < -0.4 is 0 Å². The second kappa shape index (κ2) is 11.3. The summed E-state index contributed by atoms with van der Waals surface area (Å²) in [7, 11) is 0. The molecule has 1 heterocycles. The molecule has 1 amide bonds. The first kappa shape index (κ1) is 22.6. The van der Waals surface area contributed by atoms with Crippen LogP contribution in [0.4, 0.5) is 10.5 Å². The maximum Gasteiger partial charge on any atom is 0.446 e. The molecule has 0 aromatic heterocycles. The van der Waals surface area contributed by atoms with Crippen molar-refractivity contribution in [3.63, 3.8) is 0 Å². The lowest BCUT2D eigenvalue weighted by molar-refractivity contribution is -0.384. The zero-order valence-corrected chi connectivity index (χ0v) is 18.3. The molecule has 1 fully saturated rings. The van der Waals surface area contributed by atoms with Gasteiger partial charge in [-0.25, -0.2) is 9.10 Å². The van der Waals surface area contributed by atoms with E-state index in [1.54, 1.807) is 23.9 Å². The van der Waals surface area contributed by atoms with Crippen molar-refractivity contribution in [3.05, 3.63) is 34.4 Å². The Balaban J connectivity index is 1.98. The summed E-state index contributed by atoms with van der Waals surface area (Å²) in [4.78, 5) is 33.1. The third-order valence-corrected chi connectivity index (χ3v) is 6.62. The van der Waals surface area contributed by atoms with E-state index in [1.807, 2.05) is 20.8 Å². The number of aliphatic imine (C=N–C) groups is 1. The molecule has 1 aliphatic heterocycles. The maximum atomic E-state index is 12.5. The average Bonchev–Trinajstić information content (AvgIpc) is 3.10. The van der Waals surface area contributed by atoms with Gasteiger partial charge in [0.2, 0.25) is 0 Å². The van der Waals surface area contributed by atoms with Crippen LogP contribution in [0, 0.1) is 10.1 Å². The summed E-state index contributed by atoms with van der Waals surface area (Å²) in [6, 6.07) is 6.25. The lowest BCUT2D eigenvalue weighted by Crippen LogP contribution is -2.25. The number of unbranched alkanes of at least 4 members (excludes halogenated alkanes) is 1. The molecule has 2 rings (SSSR count). The maximum absolute atomic E-state index is 12.5. The highest BCUT2D eigenvalue weighted by molar-refractivity contribution is 8.49. The molecule has 0 unspecified atom stereocenters. The summed E-state index contributed by atoms with van der Waals surface area (Å²) < 4.78 is 2.40. The van der Waals surface area contributed by atoms with Crippen molar-refractivity contribution in [1.29, 1.82) is 0 Å². The van der Waals surface area contributed by atoms with Gasteiger partial charge in [0.1, 0.15) is 9.42 Å². The van der Waals surface area contributed by atoms with Gasteiger partial charge in [0.25, 0.3) is 5.69 Å². The molecule has 0 N–H and O–H groups in total. The minimum absolute atomic E-state index is 0.00746. The Morgan fingerprint density at radius 3 is 2.71 bits per heavy atom. The fourth-order valence-corrected chi connectivity index (χ4v) is 5.05. The number of thioether (sulfide) groups is 2. The number of amides is 1. The van der Waals surface area contributed by atoms with Crippen LogP contribution in [-0.2, 0) is 4.84 Å². The van der Waals surface area contributed by atoms with E-state index in [-0.39, 0.29) is 11.7 Å². The number of rotatable bonds is 8. The van der Waals surface area contributed by atoms with Gasteiger partial charge < -0.3 is 0 Å². The summed E-state index contributed by atoms with van der Waals surface area (Å²) in [6.07, 6.45) is 1.16. The molecule has 0 bridgehead atoms. The van der Waals surface area contributed by atoms with Crippen molar-refractivity contribution >= 4 is 56.7 Å². The number of hydrogen-bond donors (Lipinski definition) is 0. The van der Waals surface area contributed by atoms with Gasteiger partial charge in [-0.05, 0) is 56.1 Å². The van der Waals surface area contributed by atoms with Crippen molar-refractivity contribution in [1.82, 2.24) is 4.31 Å². The summed E-state index contributed by atoms with van der Waals surface area (Å²) in [5.41, 5.74) is 0.00746. The van der Waals surface area contributed by atoms with Gasteiger partial charge in [-0.15, -0.1) is 0 Å². The molecule has 0 atom stereocenters. The Bertz CT molecular complexity index is 753. The van der Waals surface area contributed by atoms with E-state index in [0.717, 1.165) is 17.2 Å². The van der Waals surface area contributed by atoms with E-state index in [2.05, 4.69) is 10.1 Å². The number of nitro benzene ring substituents is 1.